The number of aliphatic hydroxyl groups excluding tert-OH is 1. The van der Waals surface area contributed by atoms with Gasteiger partial charge in [-0.3, -0.25) is 14.4 Å². The summed E-state index contributed by atoms with van der Waals surface area (Å²) in [6.45, 7) is 2.87. The highest BCUT2D eigenvalue weighted by Crippen LogP contribution is 2.68. The SMILES string of the molecule is C[C@]12C=CC(=O)C=C1CC[C@@H]1[C@@H]2[C@@H](O)C[C@@]2(C)[C@H]1CC[C@]2(OC(=O)CCCO[N+](=O)[O-])C(=O)COC(=O)Cl. The van der Waals surface area contributed by atoms with Gasteiger partial charge in [-0.1, -0.05) is 25.5 Å². The summed E-state index contributed by atoms with van der Waals surface area (Å²) in [7, 11) is 0. The molecule has 0 aromatic rings. The Morgan fingerprint density at radius 3 is 2.68 bits per heavy atom. The van der Waals surface area contributed by atoms with E-state index in [0.717, 1.165) is 5.57 Å². The molecule has 0 aliphatic heterocycles. The molecule has 3 saturated carbocycles. The van der Waals surface area contributed by atoms with Gasteiger partial charge in [-0.2, -0.15) is 0 Å². The second kappa shape index (κ2) is 10.4. The maximum atomic E-state index is 13.6. The van der Waals surface area contributed by atoms with Crippen LogP contribution >= 0.6 is 11.6 Å². The highest BCUT2D eigenvalue weighted by Gasteiger charge is 2.70. The van der Waals surface area contributed by atoms with Gasteiger partial charge in [0.2, 0.25) is 5.78 Å². The number of ether oxygens (including phenoxy) is 2. The Morgan fingerprint density at radius 2 is 2.00 bits per heavy atom. The number of hydrogen-bond donors (Lipinski definition) is 1. The van der Waals surface area contributed by atoms with Crippen molar-refractivity contribution in [3.8, 4) is 0 Å². The highest BCUT2D eigenvalue weighted by molar-refractivity contribution is 6.61. The van der Waals surface area contributed by atoms with Crippen LogP contribution < -0.4 is 0 Å². The first-order chi connectivity index (χ1) is 17.8. The number of halogens is 1. The molecular formula is C26H32ClNO10. The molecule has 208 valence electrons. The number of rotatable bonds is 9. The molecule has 0 saturated heterocycles. The lowest BCUT2D eigenvalue weighted by molar-refractivity contribution is -0.757. The number of fused-ring (bicyclic) bond motifs is 5. The second-order valence-electron chi connectivity index (χ2n) is 11.2. The third-order valence-electron chi connectivity index (χ3n) is 9.39. The minimum Gasteiger partial charge on any atom is -0.450 e. The molecule has 0 radical (unpaired) electrons. The fourth-order valence-corrected chi connectivity index (χ4v) is 7.89. The van der Waals surface area contributed by atoms with Crippen LogP contribution in [0.4, 0.5) is 4.79 Å². The average Bonchev–Trinajstić information content (AvgIpc) is 3.12. The van der Waals surface area contributed by atoms with Gasteiger partial charge in [-0.15, -0.1) is 10.1 Å². The third kappa shape index (κ3) is 4.75. The lowest BCUT2D eigenvalue weighted by Gasteiger charge is -2.59. The van der Waals surface area contributed by atoms with E-state index in [1.807, 2.05) is 19.9 Å². The zero-order valence-electron chi connectivity index (χ0n) is 21.4. The first-order valence-electron chi connectivity index (χ1n) is 12.8. The van der Waals surface area contributed by atoms with E-state index in [2.05, 4.69) is 4.84 Å². The van der Waals surface area contributed by atoms with E-state index in [1.165, 1.54) is 0 Å². The first kappa shape index (κ1) is 28.2. The number of nitrogens with zero attached hydrogens (tertiary/aromatic N) is 1. The van der Waals surface area contributed by atoms with Gasteiger partial charge in [0.25, 0.3) is 5.09 Å². The molecule has 0 aromatic carbocycles. The molecule has 1 N–H and O–H groups in total. The predicted octanol–water partition coefficient (Wildman–Crippen LogP) is 3.48. The van der Waals surface area contributed by atoms with E-state index in [4.69, 9.17) is 21.1 Å². The second-order valence-corrected chi connectivity index (χ2v) is 11.5. The summed E-state index contributed by atoms with van der Waals surface area (Å²) in [4.78, 5) is 64.4. The number of carbonyl (C=O) groups is 4. The van der Waals surface area contributed by atoms with E-state index in [9.17, 15) is 34.4 Å². The fourth-order valence-electron chi connectivity index (χ4n) is 7.84. The van der Waals surface area contributed by atoms with Gasteiger partial charge < -0.3 is 19.4 Å². The summed E-state index contributed by atoms with van der Waals surface area (Å²) in [5, 5.41) is 21.0. The average molecular weight is 554 g/mol. The normalized spacial score (nSPS) is 37.3. The van der Waals surface area contributed by atoms with Crippen molar-refractivity contribution in [3.63, 3.8) is 0 Å². The molecule has 3 fully saturated rings. The summed E-state index contributed by atoms with van der Waals surface area (Å²) in [6, 6.07) is 0. The Morgan fingerprint density at radius 1 is 1.26 bits per heavy atom. The van der Waals surface area contributed by atoms with Crippen molar-refractivity contribution in [2.75, 3.05) is 13.2 Å². The lowest BCUT2D eigenvalue weighted by atomic mass is 9.46. The Labute approximate surface area is 224 Å². The maximum absolute atomic E-state index is 13.6. The minimum absolute atomic E-state index is 0.00668. The van der Waals surface area contributed by atoms with Crippen molar-refractivity contribution in [2.45, 2.75) is 70.5 Å². The molecule has 38 heavy (non-hydrogen) atoms. The topological polar surface area (TPSA) is 159 Å². The number of esters is 1. The minimum atomic E-state index is -1.67. The number of hydrogen-bond acceptors (Lipinski definition) is 10. The van der Waals surface area contributed by atoms with Gasteiger partial charge in [0.15, 0.2) is 18.0 Å². The number of ketones is 2. The maximum Gasteiger partial charge on any atom is 0.404 e. The van der Waals surface area contributed by atoms with Crippen LogP contribution in [0.3, 0.4) is 0 Å². The van der Waals surface area contributed by atoms with E-state index in [0.29, 0.717) is 19.3 Å². The molecule has 0 bridgehead atoms. The number of Topliss-reactive ketones (excluding diaryl/α,β-unsaturated/α-hetero) is 1. The molecule has 11 nitrogen and oxygen atoms in total. The van der Waals surface area contributed by atoms with E-state index in [-0.39, 0.29) is 55.8 Å². The summed E-state index contributed by atoms with van der Waals surface area (Å²) >= 11 is 5.30. The van der Waals surface area contributed by atoms with Crippen molar-refractivity contribution in [3.05, 3.63) is 33.9 Å². The van der Waals surface area contributed by atoms with Crippen molar-refractivity contribution in [1.82, 2.24) is 0 Å². The molecule has 0 spiro atoms. The van der Waals surface area contributed by atoms with Crippen LogP contribution in [0.5, 0.6) is 0 Å². The molecule has 12 heteroatoms. The van der Waals surface area contributed by atoms with Crippen molar-refractivity contribution >= 4 is 34.6 Å². The Balaban J connectivity index is 1.63. The summed E-state index contributed by atoms with van der Waals surface area (Å²) in [6.07, 6.45) is 6.26. The van der Waals surface area contributed by atoms with Crippen LogP contribution in [0, 0.1) is 38.7 Å². The van der Waals surface area contributed by atoms with Crippen molar-refractivity contribution < 1.29 is 43.7 Å². The zero-order chi connectivity index (χ0) is 27.9. The first-order valence-corrected chi connectivity index (χ1v) is 13.2. The Bertz CT molecular complexity index is 1100. The fraction of sp³-hybridized carbons (Fsp3) is 0.692. The standard InChI is InChI=1S/C26H32ClNO10/c1-24-9-7-16(29)12-15(24)5-6-17-18-8-10-26(20(31)14-36-23(27)33,25(18,2)13-19(30)22(17)24)38-21(32)4-3-11-37-28(34)35/h7,9,12,17-19,22,30H,3-6,8,10-11,13-14H2,1-2H3/t17-,18-,19-,22+,24-,25-,26-/m0/s1. The van der Waals surface area contributed by atoms with Crippen molar-refractivity contribution in [1.29, 1.82) is 0 Å². The molecule has 0 heterocycles. The van der Waals surface area contributed by atoms with E-state index in [1.54, 1.807) is 12.2 Å². The van der Waals surface area contributed by atoms with Crippen LogP contribution in [0.15, 0.2) is 23.8 Å². The van der Waals surface area contributed by atoms with Gasteiger partial charge in [-0.05, 0) is 62.5 Å². The number of allylic oxidation sites excluding steroid dienone is 4. The molecule has 0 aromatic heterocycles. The van der Waals surface area contributed by atoms with Gasteiger partial charge in [0, 0.05) is 34.8 Å². The van der Waals surface area contributed by atoms with E-state index >= 15 is 0 Å². The largest absolute Gasteiger partial charge is 0.450 e. The molecule has 4 rings (SSSR count). The quantitative estimate of drug-likeness (QED) is 0.147. The smallest absolute Gasteiger partial charge is 0.404 e. The highest BCUT2D eigenvalue weighted by atomic mass is 35.5. The number of carbonyl (C=O) groups excluding carboxylic acids is 4. The summed E-state index contributed by atoms with van der Waals surface area (Å²) < 4.78 is 10.7. The summed E-state index contributed by atoms with van der Waals surface area (Å²) in [5.74, 6) is -1.73. The van der Waals surface area contributed by atoms with Gasteiger partial charge in [0.1, 0.15) is 0 Å². The van der Waals surface area contributed by atoms with Crippen LogP contribution in [-0.4, -0.2) is 58.1 Å². The molecule has 0 unspecified atom stereocenters. The lowest BCUT2D eigenvalue weighted by Crippen LogP contribution is -2.63. The van der Waals surface area contributed by atoms with Crippen molar-refractivity contribution in [2.24, 2.45) is 28.6 Å². The van der Waals surface area contributed by atoms with Crippen LogP contribution in [0.2, 0.25) is 0 Å². The molecule has 7 atom stereocenters. The molecule has 0 amide bonds. The Hall–Kier alpha value is -2.79. The van der Waals surface area contributed by atoms with Crippen LogP contribution in [-0.2, 0) is 28.7 Å². The van der Waals surface area contributed by atoms with Crippen LogP contribution in [0.1, 0.15) is 58.8 Å². The molecule has 4 aliphatic carbocycles. The van der Waals surface area contributed by atoms with E-state index < -0.39 is 51.4 Å². The monoisotopic (exact) mass is 553 g/mol. The number of aliphatic hydroxyl groups is 1. The predicted molar refractivity (Wildman–Crippen MR) is 131 cm³/mol. The van der Waals surface area contributed by atoms with Gasteiger partial charge >= 0.3 is 11.4 Å². The van der Waals surface area contributed by atoms with Crippen LogP contribution in [0.25, 0.3) is 0 Å². The Kier molecular flexibility index (Phi) is 7.73. The molecular weight excluding hydrogens is 522 g/mol. The van der Waals surface area contributed by atoms with Gasteiger partial charge in [-0.25, -0.2) is 4.79 Å². The zero-order valence-corrected chi connectivity index (χ0v) is 22.1. The molecule has 4 aliphatic rings. The van der Waals surface area contributed by atoms with Gasteiger partial charge in [0.05, 0.1) is 12.7 Å². The third-order valence-corrected chi connectivity index (χ3v) is 9.50. The summed E-state index contributed by atoms with van der Waals surface area (Å²) in [5.41, 5.74) is -3.33.